The van der Waals surface area contributed by atoms with Gasteiger partial charge in [0.25, 0.3) is 0 Å². The first-order valence-electron chi connectivity index (χ1n) is 5.90. The molecule has 0 aliphatic heterocycles. The van der Waals surface area contributed by atoms with Crippen molar-refractivity contribution in [3.05, 3.63) is 30.1 Å². The largest absolute Gasteiger partial charge is 0.365 e. The maximum Gasteiger partial charge on any atom is 0.146 e. The average Bonchev–Trinajstić information content (AvgIpc) is 2.31. The molecule has 0 spiro atoms. The van der Waals surface area contributed by atoms with Gasteiger partial charge in [-0.25, -0.2) is 4.39 Å². The highest BCUT2D eigenvalue weighted by atomic mass is 19.1. The van der Waals surface area contributed by atoms with E-state index < -0.39 is 0 Å². The van der Waals surface area contributed by atoms with Gasteiger partial charge in [0.2, 0.25) is 0 Å². The molecule has 0 saturated heterocycles. The monoisotopic (exact) mass is 224 g/mol. The van der Waals surface area contributed by atoms with Gasteiger partial charge in [-0.1, -0.05) is 19.1 Å². The van der Waals surface area contributed by atoms with Gasteiger partial charge in [0, 0.05) is 19.1 Å². The highest BCUT2D eigenvalue weighted by Gasteiger charge is 2.17. The summed E-state index contributed by atoms with van der Waals surface area (Å²) in [7, 11) is 1.93. The molecule has 0 amide bonds. The summed E-state index contributed by atoms with van der Waals surface area (Å²) >= 11 is 0. The molecule has 0 aliphatic carbocycles. The van der Waals surface area contributed by atoms with Gasteiger partial charge in [-0.05, 0) is 32.5 Å². The molecule has 0 bridgehead atoms. The molecule has 0 radical (unpaired) electrons. The Balaban J connectivity index is 2.92. The molecule has 0 fully saturated rings. The molecule has 0 aliphatic rings. The number of hydrogen-bond acceptors (Lipinski definition) is 2. The number of nitrogens with zero attached hydrogens (tertiary/aromatic N) is 1. The first kappa shape index (κ1) is 13.0. The molecular formula is C13H21FN2. The van der Waals surface area contributed by atoms with E-state index in [0.29, 0.717) is 11.7 Å². The van der Waals surface area contributed by atoms with E-state index in [1.807, 2.05) is 19.2 Å². The number of anilines is 1. The summed E-state index contributed by atoms with van der Waals surface area (Å²) in [5.41, 5.74) is 0.701. The van der Waals surface area contributed by atoms with E-state index in [1.54, 1.807) is 6.07 Å². The molecule has 1 unspecified atom stereocenters. The number of benzene rings is 1. The number of nitrogens with one attached hydrogen (secondary N) is 1. The summed E-state index contributed by atoms with van der Waals surface area (Å²) in [5.74, 6) is -0.140. The number of likely N-dealkylation sites (N-methyl/N-ethyl adjacent to an activating group) is 2. The van der Waals surface area contributed by atoms with Crippen molar-refractivity contribution in [2.45, 2.75) is 26.3 Å². The van der Waals surface area contributed by atoms with Crippen LogP contribution in [-0.4, -0.2) is 26.2 Å². The minimum atomic E-state index is -0.140. The molecular weight excluding hydrogens is 203 g/mol. The van der Waals surface area contributed by atoms with Crippen LogP contribution in [0.3, 0.4) is 0 Å². The Morgan fingerprint density at radius 3 is 2.50 bits per heavy atom. The van der Waals surface area contributed by atoms with Crippen molar-refractivity contribution in [3.8, 4) is 0 Å². The number of para-hydroxylation sites is 1. The van der Waals surface area contributed by atoms with Crippen LogP contribution in [0.4, 0.5) is 10.1 Å². The molecule has 0 aromatic heterocycles. The van der Waals surface area contributed by atoms with Crippen LogP contribution in [0.1, 0.15) is 20.3 Å². The summed E-state index contributed by atoms with van der Waals surface area (Å²) in [6, 6.07) is 7.31. The second-order valence-electron chi connectivity index (χ2n) is 3.86. The van der Waals surface area contributed by atoms with Gasteiger partial charge in [-0.15, -0.1) is 0 Å². The standard InChI is InChI=1S/C13H21FN2/c1-4-11(10-15-3)16(5-2)13-9-7-6-8-12(13)14/h6-9,11,15H,4-5,10H2,1-3H3. The average molecular weight is 224 g/mol. The van der Waals surface area contributed by atoms with E-state index in [2.05, 4.69) is 24.1 Å². The zero-order valence-corrected chi connectivity index (χ0v) is 10.3. The molecule has 1 aromatic rings. The number of rotatable bonds is 6. The Bertz CT molecular complexity index is 315. The second kappa shape index (κ2) is 6.48. The Labute approximate surface area is 97.5 Å². The molecule has 1 rings (SSSR count). The molecule has 90 valence electrons. The van der Waals surface area contributed by atoms with Gasteiger partial charge >= 0.3 is 0 Å². The molecule has 1 atom stereocenters. The summed E-state index contributed by atoms with van der Waals surface area (Å²) in [5, 5.41) is 3.16. The van der Waals surface area contributed by atoms with Gasteiger partial charge < -0.3 is 10.2 Å². The van der Waals surface area contributed by atoms with E-state index in [-0.39, 0.29) is 5.82 Å². The SMILES string of the molecule is CCC(CNC)N(CC)c1ccccc1F. The zero-order valence-electron chi connectivity index (χ0n) is 10.3. The van der Waals surface area contributed by atoms with E-state index in [9.17, 15) is 4.39 Å². The second-order valence-corrected chi connectivity index (χ2v) is 3.86. The van der Waals surface area contributed by atoms with Gasteiger partial charge in [-0.2, -0.15) is 0 Å². The first-order chi connectivity index (χ1) is 7.74. The Hall–Kier alpha value is -1.09. The quantitative estimate of drug-likeness (QED) is 0.799. The van der Waals surface area contributed by atoms with Crippen LogP contribution in [0.25, 0.3) is 0 Å². The highest BCUT2D eigenvalue weighted by Crippen LogP contribution is 2.21. The molecule has 16 heavy (non-hydrogen) atoms. The Kier molecular flexibility index (Phi) is 5.26. The third-order valence-electron chi connectivity index (χ3n) is 2.85. The Morgan fingerprint density at radius 2 is 2.00 bits per heavy atom. The maximum atomic E-state index is 13.7. The minimum absolute atomic E-state index is 0.140. The number of halogens is 1. The minimum Gasteiger partial charge on any atom is -0.365 e. The van der Waals surface area contributed by atoms with Gasteiger partial charge in [0.15, 0.2) is 0 Å². The molecule has 0 saturated carbocycles. The van der Waals surface area contributed by atoms with Crippen LogP contribution in [0.5, 0.6) is 0 Å². The summed E-state index contributed by atoms with van der Waals surface area (Å²) in [6.07, 6.45) is 1.00. The lowest BCUT2D eigenvalue weighted by Gasteiger charge is -2.32. The highest BCUT2D eigenvalue weighted by molar-refractivity contribution is 5.48. The fourth-order valence-electron chi connectivity index (χ4n) is 2.02. The molecule has 3 heteroatoms. The Morgan fingerprint density at radius 1 is 1.31 bits per heavy atom. The van der Waals surface area contributed by atoms with Crippen LogP contribution in [0, 0.1) is 5.82 Å². The predicted molar refractivity (Wildman–Crippen MR) is 67.4 cm³/mol. The van der Waals surface area contributed by atoms with Crippen molar-refractivity contribution in [1.29, 1.82) is 0 Å². The third kappa shape index (κ3) is 2.95. The molecule has 1 N–H and O–H groups in total. The van der Waals surface area contributed by atoms with E-state index in [4.69, 9.17) is 0 Å². The van der Waals surface area contributed by atoms with Crippen LogP contribution in [0.2, 0.25) is 0 Å². The lowest BCUT2D eigenvalue weighted by Crippen LogP contribution is -2.41. The summed E-state index contributed by atoms with van der Waals surface area (Å²) < 4.78 is 13.7. The summed E-state index contributed by atoms with van der Waals surface area (Å²) in [4.78, 5) is 2.12. The van der Waals surface area contributed by atoms with Crippen molar-refractivity contribution in [3.63, 3.8) is 0 Å². The summed E-state index contributed by atoms with van der Waals surface area (Å²) in [6.45, 7) is 5.88. The lowest BCUT2D eigenvalue weighted by atomic mass is 10.1. The van der Waals surface area contributed by atoms with Crippen molar-refractivity contribution in [1.82, 2.24) is 5.32 Å². The molecule has 0 heterocycles. The van der Waals surface area contributed by atoms with Gasteiger partial charge in [-0.3, -0.25) is 0 Å². The van der Waals surface area contributed by atoms with Crippen molar-refractivity contribution in [2.24, 2.45) is 0 Å². The van der Waals surface area contributed by atoms with Crippen LogP contribution >= 0.6 is 0 Å². The third-order valence-corrected chi connectivity index (χ3v) is 2.85. The van der Waals surface area contributed by atoms with E-state index >= 15 is 0 Å². The van der Waals surface area contributed by atoms with Crippen LogP contribution in [0.15, 0.2) is 24.3 Å². The van der Waals surface area contributed by atoms with Gasteiger partial charge in [0.1, 0.15) is 5.82 Å². The zero-order chi connectivity index (χ0) is 12.0. The fourth-order valence-corrected chi connectivity index (χ4v) is 2.02. The first-order valence-corrected chi connectivity index (χ1v) is 5.90. The van der Waals surface area contributed by atoms with Crippen LogP contribution in [-0.2, 0) is 0 Å². The molecule has 2 nitrogen and oxygen atoms in total. The van der Waals surface area contributed by atoms with Gasteiger partial charge in [0.05, 0.1) is 5.69 Å². The van der Waals surface area contributed by atoms with E-state index in [0.717, 1.165) is 19.5 Å². The van der Waals surface area contributed by atoms with Crippen LogP contribution < -0.4 is 10.2 Å². The predicted octanol–water partition coefficient (Wildman–Crippen LogP) is 2.65. The number of hydrogen-bond donors (Lipinski definition) is 1. The fraction of sp³-hybridized carbons (Fsp3) is 0.538. The van der Waals surface area contributed by atoms with Crippen molar-refractivity contribution in [2.75, 3.05) is 25.0 Å². The topological polar surface area (TPSA) is 15.3 Å². The maximum absolute atomic E-state index is 13.7. The lowest BCUT2D eigenvalue weighted by molar-refractivity contribution is 0.535. The molecule has 1 aromatic carbocycles. The van der Waals surface area contributed by atoms with Crippen molar-refractivity contribution < 1.29 is 4.39 Å². The van der Waals surface area contributed by atoms with Crippen molar-refractivity contribution >= 4 is 5.69 Å². The normalized spacial score (nSPS) is 12.5. The smallest absolute Gasteiger partial charge is 0.146 e. The van der Waals surface area contributed by atoms with E-state index in [1.165, 1.54) is 6.07 Å².